The molecule has 76 valence electrons. The van der Waals surface area contributed by atoms with Crippen LogP contribution in [0.2, 0.25) is 0 Å². The molecule has 0 aromatic heterocycles. The third-order valence-corrected chi connectivity index (χ3v) is 1.01. The molecular formula is C6H16N6O. The van der Waals surface area contributed by atoms with Crippen molar-refractivity contribution < 1.29 is 4.74 Å². The molecule has 13 heavy (non-hydrogen) atoms. The van der Waals surface area contributed by atoms with Gasteiger partial charge in [-0.1, -0.05) is 10.4 Å². The zero-order valence-electron chi connectivity index (χ0n) is 8.03. The standard InChI is InChI=1S/C6H16N6O/c1-7-11-9-3-5-13-6-4-10-12-8-2/h3-6H2,1-2H3,(H,7,9)(H,8,10). The van der Waals surface area contributed by atoms with Crippen molar-refractivity contribution in [2.45, 2.75) is 0 Å². The molecule has 0 aliphatic rings. The van der Waals surface area contributed by atoms with Gasteiger partial charge in [-0.3, -0.25) is 10.9 Å². The van der Waals surface area contributed by atoms with Crippen molar-refractivity contribution in [3.05, 3.63) is 0 Å². The lowest BCUT2D eigenvalue weighted by Gasteiger charge is -1.97. The minimum absolute atomic E-state index is 0.556. The van der Waals surface area contributed by atoms with E-state index in [-0.39, 0.29) is 0 Å². The minimum atomic E-state index is 0.556. The van der Waals surface area contributed by atoms with Crippen LogP contribution in [0.25, 0.3) is 0 Å². The third kappa shape index (κ3) is 10.8. The highest BCUT2D eigenvalue weighted by Gasteiger charge is 1.85. The molecule has 7 heteroatoms. The first kappa shape index (κ1) is 11.8. The van der Waals surface area contributed by atoms with E-state index in [1.807, 2.05) is 0 Å². The second-order valence-corrected chi connectivity index (χ2v) is 1.99. The van der Waals surface area contributed by atoms with Crippen LogP contribution in [-0.4, -0.2) is 40.4 Å². The van der Waals surface area contributed by atoms with Gasteiger partial charge in [0.05, 0.1) is 26.3 Å². The Labute approximate surface area is 77.6 Å². The quantitative estimate of drug-likeness (QED) is 0.324. The summed E-state index contributed by atoms with van der Waals surface area (Å²) in [7, 11) is 3.39. The summed E-state index contributed by atoms with van der Waals surface area (Å²) >= 11 is 0. The molecule has 0 bridgehead atoms. The van der Waals surface area contributed by atoms with Gasteiger partial charge < -0.3 is 4.74 Å². The summed E-state index contributed by atoms with van der Waals surface area (Å²) in [6, 6.07) is 0. The van der Waals surface area contributed by atoms with Crippen LogP contribution in [0.3, 0.4) is 0 Å². The van der Waals surface area contributed by atoms with Gasteiger partial charge in [0.1, 0.15) is 0 Å². The van der Waals surface area contributed by atoms with Gasteiger partial charge in [-0.05, 0) is 0 Å². The van der Waals surface area contributed by atoms with Crippen LogP contribution in [-0.2, 0) is 4.74 Å². The zero-order chi connectivity index (χ0) is 9.78. The number of rotatable bonds is 8. The summed E-state index contributed by atoms with van der Waals surface area (Å²) in [6.07, 6.45) is 0. The van der Waals surface area contributed by atoms with E-state index in [1.165, 1.54) is 0 Å². The predicted molar refractivity (Wildman–Crippen MR) is 48.4 cm³/mol. The van der Waals surface area contributed by atoms with Crippen molar-refractivity contribution in [2.24, 2.45) is 20.7 Å². The molecule has 0 saturated carbocycles. The Hall–Kier alpha value is -1.24. The normalized spacial score (nSPS) is 11.2. The number of hydrogen-bond donors (Lipinski definition) is 2. The van der Waals surface area contributed by atoms with Crippen molar-refractivity contribution >= 4 is 0 Å². The van der Waals surface area contributed by atoms with Gasteiger partial charge in [0.25, 0.3) is 0 Å². The molecule has 0 amide bonds. The highest BCUT2D eigenvalue weighted by molar-refractivity contribution is 4.38. The molecule has 0 rings (SSSR count). The van der Waals surface area contributed by atoms with Gasteiger partial charge in [-0.2, -0.15) is 10.2 Å². The first-order chi connectivity index (χ1) is 6.41. The smallest absolute Gasteiger partial charge is 0.0854 e. The maximum absolute atomic E-state index is 5.16. The second kappa shape index (κ2) is 10.8. The van der Waals surface area contributed by atoms with Gasteiger partial charge >= 0.3 is 0 Å². The lowest BCUT2D eigenvalue weighted by Crippen LogP contribution is -2.03. The second-order valence-electron chi connectivity index (χ2n) is 1.99. The monoisotopic (exact) mass is 188 g/mol. The average Bonchev–Trinajstić information content (AvgIpc) is 2.16. The summed E-state index contributed by atoms with van der Waals surface area (Å²) in [6.45, 7) is 2.23. The van der Waals surface area contributed by atoms with Crippen molar-refractivity contribution in [3.63, 3.8) is 0 Å². The molecular weight excluding hydrogens is 172 g/mol. The van der Waals surface area contributed by atoms with E-state index in [2.05, 4.69) is 31.5 Å². The van der Waals surface area contributed by atoms with Crippen LogP contribution in [0, 0.1) is 0 Å². The molecule has 0 heterocycles. The first-order valence-electron chi connectivity index (χ1n) is 4.06. The Morgan fingerprint density at radius 2 is 1.38 bits per heavy atom. The highest BCUT2D eigenvalue weighted by atomic mass is 16.5. The van der Waals surface area contributed by atoms with Crippen molar-refractivity contribution in [2.75, 3.05) is 40.4 Å². The van der Waals surface area contributed by atoms with Crippen LogP contribution in [0.5, 0.6) is 0 Å². The topological polar surface area (TPSA) is 82.7 Å². The molecule has 0 unspecified atom stereocenters. The summed E-state index contributed by atoms with van der Waals surface area (Å²) < 4.78 is 5.16. The molecule has 0 spiro atoms. The Bertz CT molecular complexity index is 132. The third-order valence-electron chi connectivity index (χ3n) is 1.01. The van der Waals surface area contributed by atoms with Crippen molar-refractivity contribution in [1.82, 2.24) is 10.9 Å². The SMILES string of the molecule is CNN=NCCOCCN=NNC. The van der Waals surface area contributed by atoms with Crippen LogP contribution in [0.4, 0.5) is 0 Å². The van der Waals surface area contributed by atoms with E-state index in [9.17, 15) is 0 Å². The van der Waals surface area contributed by atoms with Crippen LogP contribution in [0.1, 0.15) is 0 Å². The summed E-state index contributed by atoms with van der Waals surface area (Å²) in [4.78, 5) is 0. The maximum atomic E-state index is 5.16. The maximum Gasteiger partial charge on any atom is 0.0854 e. The summed E-state index contributed by atoms with van der Waals surface area (Å²) in [5, 5.41) is 14.6. The Morgan fingerprint density at radius 3 is 1.77 bits per heavy atom. The fraction of sp³-hybridized carbons (Fsp3) is 1.00. The average molecular weight is 188 g/mol. The van der Waals surface area contributed by atoms with Gasteiger partial charge in [-0.15, -0.1) is 0 Å². The molecule has 0 radical (unpaired) electrons. The molecule has 0 saturated heterocycles. The molecule has 0 aromatic rings. The minimum Gasteiger partial charge on any atom is -0.377 e. The van der Waals surface area contributed by atoms with Gasteiger partial charge in [-0.25, -0.2) is 0 Å². The largest absolute Gasteiger partial charge is 0.377 e. The van der Waals surface area contributed by atoms with Crippen LogP contribution in [0.15, 0.2) is 20.7 Å². The van der Waals surface area contributed by atoms with Gasteiger partial charge in [0.15, 0.2) is 0 Å². The zero-order valence-corrected chi connectivity index (χ0v) is 8.03. The molecule has 0 atom stereocenters. The lowest BCUT2D eigenvalue weighted by molar-refractivity contribution is 0.147. The summed E-state index contributed by atoms with van der Waals surface area (Å²) in [5.41, 5.74) is 5.09. The first-order valence-corrected chi connectivity index (χ1v) is 4.06. The van der Waals surface area contributed by atoms with E-state index in [4.69, 9.17) is 4.74 Å². The molecule has 7 nitrogen and oxygen atoms in total. The van der Waals surface area contributed by atoms with E-state index in [0.717, 1.165) is 0 Å². The predicted octanol–water partition coefficient (Wildman–Crippen LogP) is 0.176. The molecule has 0 aliphatic heterocycles. The van der Waals surface area contributed by atoms with Crippen molar-refractivity contribution in [3.8, 4) is 0 Å². The van der Waals surface area contributed by atoms with Crippen molar-refractivity contribution in [1.29, 1.82) is 0 Å². The number of ether oxygens (including phenoxy) is 1. The van der Waals surface area contributed by atoms with Gasteiger partial charge in [0, 0.05) is 14.1 Å². The Kier molecular flexibility index (Phi) is 9.73. The van der Waals surface area contributed by atoms with Crippen LogP contribution < -0.4 is 10.9 Å². The Balaban J connectivity index is 2.99. The van der Waals surface area contributed by atoms with E-state index in [0.29, 0.717) is 26.3 Å². The molecule has 0 aromatic carbocycles. The number of hydrogen-bond acceptors (Lipinski definition) is 5. The Morgan fingerprint density at radius 1 is 0.923 bits per heavy atom. The highest BCUT2D eigenvalue weighted by Crippen LogP contribution is 1.79. The lowest BCUT2D eigenvalue weighted by atomic mass is 10.7. The number of nitrogens with zero attached hydrogens (tertiary/aromatic N) is 4. The fourth-order valence-electron chi connectivity index (χ4n) is 0.554. The fourth-order valence-corrected chi connectivity index (χ4v) is 0.554. The number of nitrogens with one attached hydrogen (secondary N) is 2. The van der Waals surface area contributed by atoms with E-state index >= 15 is 0 Å². The van der Waals surface area contributed by atoms with Crippen LogP contribution >= 0.6 is 0 Å². The van der Waals surface area contributed by atoms with Gasteiger partial charge in [0.2, 0.25) is 0 Å². The summed E-state index contributed by atoms with van der Waals surface area (Å²) in [5.74, 6) is 0. The van der Waals surface area contributed by atoms with E-state index in [1.54, 1.807) is 14.1 Å². The molecule has 0 fully saturated rings. The molecule has 0 aliphatic carbocycles. The van der Waals surface area contributed by atoms with E-state index < -0.39 is 0 Å². The molecule has 2 N–H and O–H groups in total.